The summed E-state index contributed by atoms with van der Waals surface area (Å²) in [6.07, 6.45) is 2.31. The molecular weight excluding hydrogens is 431 g/mol. The Bertz CT molecular complexity index is 619. The van der Waals surface area contributed by atoms with Gasteiger partial charge < -0.3 is 4.74 Å². The fraction of sp³-hybridized carbons (Fsp3) is 0.650. The highest BCUT2D eigenvalue weighted by Gasteiger charge is 2.63. The molecule has 2 saturated carbocycles. The maximum absolute atomic E-state index is 12.6. The van der Waals surface area contributed by atoms with Gasteiger partial charge in [0.15, 0.2) is 0 Å². The molecule has 2 nitrogen and oxygen atoms in total. The van der Waals surface area contributed by atoms with E-state index in [1.807, 2.05) is 12.1 Å². The average Bonchev–Trinajstić information content (AvgIpc) is 3.12. The molecule has 0 radical (unpaired) electrons. The predicted molar refractivity (Wildman–Crippen MR) is 108 cm³/mol. The number of carbonyl (C=O) groups excluding carboxylic acids is 1. The first-order valence-corrected chi connectivity index (χ1v) is 11.3. The van der Waals surface area contributed by atoms with Gasteiger partial charge in [0.2, 0.25) is 0 Å². The third-order valence-corrected chi connectivity index (χ3v) is 8.51. The maximum Gasteiger partial charge on any atom is 0.314 e. The van der Waals surface area contributed by atoms with Crippen LogP contribution in [0.2, 0.25) is 0 Å². The third-order valence-electron chi connectivity index (χ3n) is 6.10. The molecule has 7 atom stereocenters. The molecule has 1 aromatic carbocycles. The van der Waals surface area contributed by atoms with E-state index < -0.39 is 0 Å². The van der Waals surface area contributed by atoms with Crippen molar-refractivity contribution < 1.29 is 9.53 Å². The van der Waals surface area contributed by atoms with Crippen LogP contribution in [0.1, 0.15) is 45.1 Å². The van der Waals surface area contributed by atoms with Crippen LogP contribution in [0.4, 0.5) is 0 Å². The van der Waals surface area contributed by atoms with E-state index in [1.165, 1.54) is 12.0 Å². The second kappa shape index (κ2) is 6.49. The summed E-state index contributed by atoms with van der Waals surface area (Å²) in [5.41, 5.74) is 1.34. The Morgan fingerprint density at radius 1 is 1.17 bits per heavy atom. The van der Waals surface area contributed by atoms with Crippen molar-refractivity contribution in [1.29, 1.82) is 0 Å². The van der Waals surface area contributed by atoms with E-state index in [0.717, 1.165) is 22.8 Å². The minimum atomic E-state index is 0.00358. The van der Waals surface area contributed by atoms with Gasteiger partial charge in [-0.05, 0) is 54.2 Å². The second-order valence-corrected chi connectivity index (χ2v) is 11.3. The largest absolute Gasteiger partial charge is 0.426 e. The van der Waals surface area contributed by atoms with Crippen molar-refractivity contribution in [2.24, 2.45) is 23.7 Å². The zero-order valence-electron chi connectivity index (χ0n) is 14.4. The lowest BCUT2D eigenvalue weighted by molar-refractivity contribution is -0.140. The van der Waals surface area contributed by atoms with Crippen LogP contribution >= 0.6 is 34.4 Å². The first kappa shape index (κ1) is 17.2. The highest BCUT2D eigenvalue weighted by atomic mass is 127. The standard InChI is InChI=1S/C20H25IO2S/c1-10(2)17(11(3)21)12-4-6-14(7-5-12)23-20(22)16-9-13-8-15(16)19-18(13)24-19/h4-7,10-11,13,15-19H,8-9H2,1-3H3. The molecule has 0 N–H and O–H groups in total. The molecule has 24 heavy (non-hydrogen) atoms. The second-order valence-electron chi connectivity index (χ2n) is 8.00. The lowest BCUT2D eigenvalue weighted by atomic mass is 9.86. The highest BCUT2D eigenvalue weighted by molar-refractivity contribution is 14.1. The number of esters is 1. The Morgan fingerprint density at radius 3 is 2.42 bits per heavy atom. The number of fused-ring (bicyclic) bond motifs is 5. The molecule has 4 rings (SSSR count). The molecule has 2 aliphatic carbocycles. The molecule has 7 unspecified atom stereocenters. The molecule has 4 heteroatoms. The first-order valence-electron chi connectivity index (χ1n) is 9.07. The molecular formula is C20H25IO2S. The number of hydrogen-bond donors (Lipinski definition) is 0. The zero-order chi connectivity index (χ0) is 17.0. The number of rotatable bonds is 5. The molecule has 1 aromatic rings. The van der Waals surface area contributed by atoms with Crippen molar-refractivity contribution in [3.8, 4) is 5.75 Å². The normalized spacial score (nSPS) is 35.6. The van der Waals surface area contributed by atoms with Crippen LogP contribution < -0.4 is 4.74 Å². The molecule has 1 saturated heterocycles. The van der Waals surface area contributed by atoms with Gasteiger partial charge in [-0.1, -0.05) is 55.5 Å². The van der Waals surface area contributed by atoms with Gasteiger partial charge in [0.1, 0.15) is 5.75 Å². The minimum Gasteiger partial charge on any atom is -0.426 e. The molecule has 0 amide bonds. The van der Waals surface area contributed by atoms with Crippen molar-refractivity contribution in [3.63, 3.8) is 0 Å². The lowest BCUT2D eigenvalue weighted by Gasteiger charge is -2.24. The van der Waals surface area contributed by atoms with Crippen molar-refractivity contribution in [2.45, 2.75) is 54.0 Å². The summed E-state index contributed by atoms with van der Waals surface area (Å²) in [4.78, 5) is 12.6. The summed E-state index contributed by atoms with van der Waals surface area (Å²) < 4.78 is 6.30. The molecule has 3 fully saturated rings. The summed E-state index contributed by atoms with van der Waals surface area (Å²) >= 11 is 4.59. The van der Waals surface area contributed by atoms with Crippen LogP contribution in [0, 0.1) is 23.7 Å². The summed E-state index contributed by atoms with van der Waals surface area (Å²) in [6.45, 7) is 6.80. The van der Waals surface area contributed by atoms with Crippen molar-refractivity contribution in [3.05, 3.63) is 29.8 Å². The number of ether oxygens (including phenoxy) is 1. The van der Waals surface area contributed by atoms with Gasteiger partial charge in [-0.25, -0.2) is 0 Å². The van der Waals surface area contributed by atoms with Crippen molar-refractivity contribution in [2.75, 3.05) is 0 Å². The van der Waals surface area contributed by atoms with Crippen LogP contribution in [0.25, 0.3) is 0 Å². The van der Waals surface area contributed by atoms with Crippen LogP contribution in [-0.4, -0.2) is 20.4 Å². The first-order chi connectivity index (χ1) is 11.5. The predicted octanol–water partition coefficient (Wildman–Crippen LogP) is 5.30. The summed E-state index contributed by atoms with van der Waals surface area (Å²) in [5.74, 6) is 3.35. The molecule has 0 spiro atoms. The number of thioether (sulfide) groups is 1. The average molecular weight is 456 g/mol. The van der Waals surface area contributed by atoms with Crippen molar-refractivity contribution >= 4 is 40.3 Å². The van der Waals surface area contributed by atoms with Gasteiger partial charge in [0, 0.05) is 14.4 Å². The topological polar surface area (TPSA) is 26.3 Å². The Balaban J connectivity index is 1.41. The van der Waals surface area contributed by atoms with Gasteiger partial charge in [0.25, 0.3) is 0 Å². The molecule has 130 valence electrons. The van der Waals surface area contributed by atoms with E-state index >= 15 is 0 Å². The van der Waals surface area contributed by atoms with Crippen LogP contribution in [0.5, 0.6) is 5.75 Å². The Hall–Kier alpha value is -0.230. The van der Waals surface area contributed by atoms with Gasteiger partial charge in [-0.15, -0.1) is 0 Å². The smallest absolute Gasteiger partial charge is 0.314 e. The zero-order valence-corrected chi connectivity index (χ0v) is 17.4. The fourth-order valence-corrected chi connectivity index (χ4v) is 7.89. The van der Waals surface area contributed by atoms with E-state index in [2.05, 4.69) is 67.3 Å². The molecule has 3 aliphatic rings. The Labute approximate surface area is 162 Å². The van der Waals surface area contributed by atoms with Crippen LogP contribution in [0.15, 0.2) is 24.3 Å². The van der Waals surface area contributed by atoms with E-state index in [9.17, 15) is 4.79 Å². The third kappa shape index (κ3) is 3.02. The lowest BCUT2D eigenvalue weighted by Crippen LogP contribution is -2.28. The Morgan fingerprint density at radius 2 is 1.88 bits per heavy atom. The SMILES string of the molecule is CC(C)C(c1ccc(OC(=O)C2CC3CC2C2SC32)cc1)C(C)I. The number of benzene rings is 1. The molecule has 1 heterocycles. The van der Waals surface area contributed by atoms with E-state index in [4.69, 9.17) is 4.74 Å². The summed E-state index contributed by atoms with van der Waals surface area (Å²) in [6, 6.07) is 8.22. The summed E-state index contributed by atoms with van der Waals surface area (Å²) in [7, 11) is 0. The quantitative estimate of drug-likeness (QED) is 0.198. The van der Waals surface area contributed by atoms with E-state index in [0.29, 0.717) is 27.4 Å². The number of carbonyl (C=O) groups is 1. The molecule has 1 aliphatic heterocycles. The number of alkyl halides is 1. The maximum atomic E-state index is 12.6. The van der Waals surface area contributed by atoms with Crippen molar-refractivity contribution in [1.82, 2.24) is 0 Å². The van der Waals surface area contributed by atoms with E-state index in [-0.39, 0.29) is 11.9 Å². The van der Waals surface area contributed by atoms with Crippen LogP contribution in [0.3, 0.4) is 0 Å². The minimum absolute atomic E-state index is 0.00358. The van der Waals surface area contributed by atoms with E-state index in [1.54, 1.807) is 0 Å². The monoisotopic (exact) mass is 456 g/mol. The highest BCUT2D eigenvalue weighted by Crippen LogP contribution is 2.67. The number of hydrogen-bond acceptors (Lipinski definition) is 3. The fourth-order valence-electron chi connectivity index (χ4n) is 5.00. The van der Waals surface area contributed by atoms with Gasteiger partial charge in [-0.2, -0.15) is 11.8 Å². The van der Waals surface area contributed by atoms with Gasteiger partial charge >= 0.3 is 5.97 Å². The summed E-state index contributed by atoms with van der Waals surface area (Å²) in [5, 5.41) is 1.64. The Kier molecular flexibility index (Phi) is 4.65. The molecule has 0 aromatic heterocycles. The number of halogens is 1. The van der Waals surface area contributed by atoms with Gasteiger partial charge in [0.05, 0.1) is 5.92 Å². The van der Waals surface area contributed by atoms with Gasteiger partial charge in [-0.3, -0.25) is 4.79 Å². The molecule has 2 bridgehead atoms. The van der Waals surface area contributed by atoms with Crippen LogP contribution in [-0.2, 0) is 4.79 Å².